The number of carbonyl (C=O) groups is 2. The highest BCUT2D eigenvalue weighted by molar-refractivity contribution is 7.99. The maximum Gasteiger partial charge on any atom is 0.313 e. The molecule has 1 aliphatic rings. The van der Waals surface area contributed by atoms with Crippen LogP contribution in [-0.2, 0) is 16.1 Å². The first kappa shape index (κ1) is 13.9. The second-order valence-corrected chi connectivity index (χ2v) is 5.31. The average molecular weight is 284 g/mol. The van der Waals surface area contributed by atoms with Crippen molar-refractivity contribution in [3.63, 3.8) is 0 Å². The summed E-state index contributed by atoms with van der Waals surface area (Å²) in [6.45, 7) is 0.487. The lowest BCUT2D eigenvalue weighted by atomic mass is 10.3. The van der Waals surface area contributed by atoms with Gasteiger partial charge in [0.2, 0.25) is 5.91 Å². The van der Waals surface area contributed by atoms with Gasteiger partial charge in [-0.3, -0.25) is 9.59 Å². The van der Waals surface area contributed by atoms with Crippen molar-refractivity contribution in [3.8, 4) is 0 Å². The van der Waals surface area contributed by atoms with Gasteiger partial charge in [0.25, 0.3) is 0 Å². The molecule has 2 rings (SSSR count). The Labute approximate surface area is 114 Å². The smallest absolute Gasteiger partial charge is 0.313 e. The van der Waals surface area contributed by atoms with Crippen molar-refractivity contribution >= 4 is 23.6 Å². The number of hydrogen-bond acceptors (Lipinski definition) is 5. The molecule has 0 bridgehead atoms. The fourth-order valence-electron chi connectivity index (χ4n) is 1.73. The Bertz CT molecular complexity index is 484. The maximum atomic E-state index is 11.3. The SMILES string of the molecule is CNC(=O)CCn1c(SCC(=O)O)nnc1C1CC1. The van der Waals surface area contributed by atoms with Gasteiger partial charge in [-0.05, 0) is 12.8 Å². The maximum absolute atomic E-state index is 11.3. The summed E-state index contributed by atoms with van der Waals surface area (Å²) in [5.74, 6) is 0.291. The first-order valence-electron chi connectivity index (χ1n) is 6.10. The van der Waals surface area contributed by atoms with Crippen molar-refractivity contribution in [1.29, 1.82) is 0 Å². The molecule has 1 saturated carbocycles. The molecule has 0 saturated heterocycles. The molecule has 0 aromatic carbocycles. The quantitative estimate of drug-likeness (QED) is 0.706. The zero-order valence-corrected chi connectivity index (χ0v) is 11.4. The topological polar surface area (TPSA) is 97.1 Å². The van der Waals surface area contributed by atoms with Crippen LogP contribution < -0.4 is 5.32 Å². The molecule has 0 aliphatic heterocycles. The molecule has 1 heterocycles. The van der Waals surface area contributed by atoms with Crippen LogP contribution in [0.4, 0.5) is 0 Å². The summed E-state index contributed by atoms with van der Waals surface area (Å²) in [5.41, 5.74) is 0. The van der Waals surface area contributed by atoms with Crippen LogP contribution >= 0.6 is 11.8 Å². The minimum atomic E-state index is -0.890. The van der Waals surface area contributed by atoms with E-state index in [9.17, 15) is 9.59 Å². The third-order valence-electron chi connectivity index (χ3n) is 2.85. The number of nitrogens with one attached hydrogen (secondary N) is 1. The van der Waals surface area contributed by atoms with Gasteiger partial charge in [0.05, 0.1) is 5.75 Å². The van der Waals surface area contributed by atoms with Crippen LogP contribution in [0.1, 0.15) is 31.0 Å². The number of aromatic nitrogens is 3. The first-order chi connectivity index (χ1) is 9.11. The Kier molecular flexibility index (Phi) is 4.41. The number of carboxylic acid groups (broad SMARTS) is 1. The predicted octanol–water partition coefficient (Wildman–Crippen LogP) is 0.468. The Balaban J connectivity index is 2.08. The van der Waals surface area contributed by atoms with Crippen LogP contribution in [0.15, 0.2) is 5.16 Å². The van der Waals surface area contributed by atoms with Crippen LogP contribution in [0.2, 0.25) is 0 Å². The molecule has 1 aromatic rings. The predicted molar refractivity (Wildman–Crippen MR) is 69.0 cm³/mol. The normalized spacial score (nSPS) is 14.4. The van der Waals surface area contributed by atoms with Crippen LogP contribution in [0.3, 0.4) is 0 Å². The molecule has 0 radical (unpaired) electrons. The first-order valence-corrected chi connectivity index (χ1v) is 7.08. The molecular formula is C11H16N4O3S. The fourth-order valence-corrected chi connectivity index (χ4v) is 2.42. The monoisotopic (exact) mass is 284 g/mol. The molecule has 2 N–H and O–H groups in total. The van der Waals surface area contributed by atoms with Gasteiger partial charge in [-0.15, -0.1) is 10.2 Å². The number of hydrogen-bond donors (Lipinski definition) is 2. The molecule has 1 fully saturated rings. The van der Waals surface area contributed by atoms with Crippen molar-refractivity contribution in [3.05, 3.63) is 5.82 Å². The van der Waals surface area contributed by atoms with Crippen LogP contribution in [0.25, 0.3) is 0 Å². The third-order valence-corrected chi connectivity index (χ3v) is 3.81. The summed E-state index contributed by atoms with van der Waals surface area (Å²) in [4.78, 5) is 21.9. The van der Waals surface area contributed by atoms with Crippen LogP contribution in [-0.4, -0.2) is 44.5 Å². The van der Waals surface area contributed by atoms with Gasteiger partial charge in [-0.1, -0.05) is 11.8 Å². The van der Waals surface area contributed by atoms with Gasteiger partial charge in [-0.25, -0.2) is 0 Å². The minimum absolute atomic E-state index is 0.0513. The molecule has 1 aromatic heterocycles. The summed E-state index contributed by atoms with van der Waals surface area (Å²) >= 11 is 1.14. The molecular weight excluding hydrogens is 268 g/mol. The Morgan fingerprint density at radius 1 is 1.47 bits per heavy atom. The van der Waals surface area contributed by atoms with Crippen molar-refractivity contribution in [2.45, 2.75) is 36.9 Å². The van der Waals surface area contributed by atoms with E-state index in [1.807, 2.05) is 4.57 Å². The second-order valence-electron chi connectivity index (χ2n) is 4.37. The van der Waals surface area contributed by atoms with Crippen LogP contribution in [0, 0.1) is 0 Å². The van der Waals surface area contributed by atoms with E-state index in [-0.39, 0.29) is 11.7 Å². The van der Waals surface area contributed by atoms with E-state index in [4.69, 9.17) is 5.11 Å². The van der Waals surface area contributed by atoms with Crippen molar-refractivity contribution in [2.24, 2.45) is 0 Å². The summed E-state index contributed by atoms with van der Waals surface area (Å²) in [6, 6.07) is 0. The molecule has 19 heavy (non-hydrogen) atoms. The molecule has 1 amide bonds. The Morgan fingerprint density at radius 3 is 2.79 bits per heavy atom. The van der Waals surface area contributed by atoms with E-state index in [0.29, 0.717) is 24.0 Å². The van der Waals surface area contributed by atoms with E-state index >= 15 is 0 Å². The van der Waals surface area contributed by atoms with Crippen molar-refractivity contribution in [1.82, 2.24) is 20.1 Å². The summed E-state index contributed by atoms with van der Waals surface area (Å²) in [7, 11) is 1.59. The highest BCUT2D eigenvalue weighted by Gasteiger charge is 2.30. The molecule has 0 spiro atoms. The molecule has 0 unspecified atom stereocenters. The van der Waals surface area contributed by atoms with Crippen molar-refractivity contribution in [2.75, 3.05) is 12.8 Å². The summed E-state index contributed by atoms with van der Waals surface area (Å²) in [5, 5.41) is 20.0. The fraction of sp³-hybridized carbons (Fsp3) is 0.636. The number of thioether (sulfide) groups is 1. The zero-order valence-electron chi connectivity index (χ0n) is 10.6. The van der Waals surface area contributed by atoms with Gasteiger partial charge in [-0.2, -0.15) is 0 Å². The van der Waals surface area contributed by atoms with E-state index in [2.05, 4.69) is 15.5 Å². The van der Waals surface area contributed by atoms with E-state index in [1.165, 1.54) is 0 Å². The lowest BCUT2D eigenvalue weighted by molar-refractivity contribution is -0.134. The lowest BCUT2D eigenvalue weighted by Gasteiger charge is -2.08. The van der Waals surface area contributed by atoms with Gasteiger partial charge in [0, 0.05) is 25.9 Å². The minimum Gasteiger partial charge on any atom is -0.481 e. The summed E-state index contributed by atoms with van der Waals surface area (Å²) < 4.78 is 1.88. The van der Waals surface area contributed by atoms with Crippen LogP contribution in [0.5, 0.6) is 0 Å². The molecule has 104 valence electrons. The highest BCUT2D eigenvalue weighted by atomic mass is 32.2. The van der Waals surface area contributed by atoms with E-state index in [1.54, 1.807) is 7.05 Å². The van der Waals surface area contributed by atoms with E-state index in [0.717, 1.165) is 30.4 Å². The van der Waals surface area contributed by atoms with Gasteiger partial charge < -0.3 is 15.0 Å². The number of aliphatic carboxylic acids is 1. The number of carbonyl (C=O) groups excluding carboxylic acids is 1. The number of amides is 1. The van der Waals surface area contributed by atoms with E-state index < -0.39 is 5.97 Å². The van der Waals surface area contributed by atoms with Gasteiger partial charge >= 0.3 is 5.97 Å². The van der Waals surface area contributed by atoms with Gasteiger partial charge in [0.15, 0.2) is 5.16 Å². The summed E-state index contributed by atoms with van der Waals surface area (Å²) in [6.07, 6.45) is 2.51. The zero-order chi connectivity index (χ0) is 13.8. The Morgan fingerprint density at radius 2 is 2.21 bits per heavy atom. The average Bonchev–Trinajstić information content (AvgIpc) is 3.15. The molecule has 0 atom stereocenters. The van der Waals surface area contributed by atoms with Gasteiger partial charge in [0.1, 0.15) is 5.82 Å². The Hall–Kier alpha value is -1.57. The second kappa shape index (κ2) is 6.05. The standard InChI is InChI=1S/C11H16N4O3S/c1-12-8(16)4-5-15-10(7-2-3-7)13-14-11(15)19-6-9(17)18/h7H,2-6H2,1H3,(H,12,16)(H,17,18). The molecule has 8 heteroatoms. The van der Waals surface area contributed by atoms with Crippen molar-refractivity contribution < 1.29 is 14.7 Å². The number of rotatable bonds is 7. The molecule has 7 nitrogen and oxygen atoms in total. The largest absolute Gasteiger partial charge is 0.481 e. The highest BCUT2D eigenvalue weighted by Crippen LogP contribution is 2.40. The number of nitrogens with zero attached hydrogens (tertiary/aromatic N) is 3. The lowest BCUT2D eigenvalue weighted by Crippen LogP contribution is -2.20. The molecule has 1 aliphatic carbocycles. The third kappa shape index (κ3) is 3.69. The number of carboxylic acids is 1.